The first-order valence-electron chi connectivity index (χ1n) is 13.1. The van der Waals surface area contributed by atoms with Gasteiger partial charge in [-0.3, -0.25) is 9.59 Å². The summed E-state index contributed by atoms with van der Waals surface area (Å²) in [5, 5.41) is 8.01. The second kappa shape index (κ2) is 13.5. The average molecular weight is 551 g/mol. The van der Waals surface area contributed by atoms with E-state index in [9.17, 15) is 23.2 Å². The zero-order chi connectivity index (χ0) is 28.5. The summed E-state index contributed by atoms with van der Waals surface area (Å²) >= 11 is 0. The fourth-order valence-corrected chi connectivity index (χ4v) is 4.70. The summed E-state index contributed by atoms with van der Waals surface area (Å²) in [7, 11) is 1.59. The Balaban J connectivity index is 1.35. The zero-order valence-electron chi connectivity index (χ0n) is 22.2. The second-order valence-corrected chi connectivity index (χ2v) is 9.67. The molecule has 3 N–H and O–H groups in total. The Morgan fingerprint density at radius 1 is 0.925 bits per heavy atom. The van der Waals surface area contributed by atoms with E-state index in [2.05, 4.69) is 16.0 Å². The fourth-order valence-electron chi connectivity index (χ4n) is 4.70. The van der Waals surface area contributed by atoms with Gasteiger partial charge in [0, 0.05) is 43.7 Å². The molecule has 4 amide bonds. The summed E-state index contributed by atoms with van der Waals surface area (Å²) in [5.74, 6) is -1.55. The maximum absolute atomic E-state index is 13.5. The number of urea groups is 1. The number of nitrogens with one attached hydrogen (secondary N) is 3. The van der Waals surface area contributed by atoms with Gasteiger partial charge in [-0.15, -0.1) is 0 Å². The Morgan fingerprint density at radius 2 is 1.60 bits per heavy atom. The van der Waals surface area contributed by atoms with Crippen LogP contribution in [0.2, 0.25) is 0 Å². The van der Waals surface area contributed by atoms with Gasteiger partial charge in [0.15, 0.2) is 0 Å². The first-order valence-corrected chi connectivity index (χ1v) is 13.1. The highest BCUT2D eigenvalue weighted by atomic mass is 19.1. The molecule has 0 unspecified atom stereocenters. The van der Waals surface area contributed by atoms with Crippen LogP contribution in [0.1, 0.15) is 24.0 Å². The molecule has 3 aromatic carbocycles. The predicted molar refractivity (Wildman–Crippen MR) is 147 cm³/mol. The van der Waals surface area contributed by atoms with Gasteiger partial charge in [0.05, 0.1) is 7.11 Å². The molecule has 0 bridgehead atoms. The van der Waals surface area contributed by atoms with Gasteiger partial charge in [-0.25, -0.2) is 13.6 Å². The number of piperidine rings is 1. The lowest BCUT2D eigenvalue weighted by atomic mass is 9.94. The molecule has 210 valence electrons. The van der Waals surface area contributed by atoms with Crippen molar-refractivity contribution in [3.8, 4) is 5.75 Å². The summed E-state index contributed by atoms with van der Waals surface area (Å²) in [6, 6.07) is 17.7. The van der Waals surface area contributed by atoms with E-state index < -0.39 is 23.7 Å². The first kappa shape index (κ1) is 28.5. The van der Waals surface area contributed by atoms with Gasteiger partial charge in [0.1, 0.15) is 23.4 Å². The number of likely N-dealkylation sites (tertiary alicyclic amines) is 1. The van der Waals surface area contributed by atoms with E-state index in [1.54, 1.807) is 12.0 Å². The molecule has 1 fully saturated rings. The van der Waals surface area contributed by atoms with Crippen LogP contribution in [0.25, 0.3) is 0 Å². The molecule has 0 saturated carbocycles. The van der Waals surface area contributed by atoms with Crippen molar-refractivity contribution < 1.29 is 27.9 Å². The third-order valence-electron chi connectivity index (χ3n) is 6.78. The number of nitrogens with zero attached hydrogens (tertiary/aromatic N) is 1. The van der Waals surface area contributed by atoms with Gasteiger partial charge in [0.2, 0.25) is 11.8 Å². The van der Waals surface area contributed by atoms with E-state index in [-0.39, 0.29) is 29.8 Å². The molecule has 4 rings (SSSR count). The Hall–Kier alpha value is -4.47. The number of anilines is 1. The summed E-state index contributed by atoms with van der Waals surface area (Å²) < 4.78 is 32.3. The summed E-state index contributed by atoms with van der Waals surface area (Å²) in [5.41, 5.74) is 1.70. The molecule has 1 aliphatic rings. The molecule has 40 heavy (non-hydrogen) atoms. The maximum Gasteiger partial charge on any atom is 0.319 e. The van der Waals surface area contributed by atoms with Crippen molar-refractivity contribution in [1.29, 1.82) is 0 Å². The van der Waals surface area contributed by atoms with Crippen molar-refractivity contribution in [2.75, 3.05) is 25.5 Å². The Kier molecular flexibility index (Phi) is 9.66. The smallest absolute Gasteiger partial charge is 0.319 e. The van der Waals surface area contributed by atoms with Crippen LogP contribution in [0.15, 0.2) is 72.8 Å². The quantitative estimate of drug-likeness (QED) is 0.371. The Morgan fingerprint density at radius 3 is 2.27 bits per heavy atom. The first-order chi connectivity index (χ1) is 19.3. The van der Waals surface area contributed by atoms with Crippen molar-refractivity contribution in [1.82, 2.24) is 15.5 Å². The van der Waals surface area contributed by atoms with Gasteiger partial charge >= 0.3 is 6.03 Å². The Bertz CT molecular complexity index is 1310. The number of rotatable bonds is 9. The van der Waals surface area contributed by atoms with Crippen LogP contribution in [0.3, 0.4) is 0 Å². The van der Waals surface area contributed by atoms with Gasteiger partial charge in [-0.05, 0) is 48.2 Å². The second-order valence-electron chi connectivity index (χ2n) is 9.67. The van der Waals surface area contributed by atoms with E-state index in [4.69, 9.17) is 4.74 Å². The van der Waals surface area contributed by atoms with Crippen molar-refractivity contribution >= 4 is 23.5 Å². The molecule has 1 heterocycles. The molecule has 1 atom stereocenters. The zero-order valence-corrected chi connectivity index (χ0v) is 22.2. The molecule has 3 aromatic rings. The number of carbonyl (C=O) groups excluding carboxylic acids is 3. The molecule has 1 saturated heterocycles. The Labute approximate surface area is 231 Å². The van der Waals surface area contributed by atoms with Gasteiger partial charge in [0.25, 0.3) is 0 Å². The van der Waals surface area contributed by atoms with Crippen LogP contribution in [-0.2, 0) is 22.6 Å². The summed E-state index contributed by atoms with van der Waals surface area (Å²) in [4.78, 5) is 40.6. The molecule has 8 nitrogen and oxygen atoms in total. The van der Waals surface area contributed by atoms with Gasteiger partial charge in [-0.1, -0.05) is 42.5 Å². The molecule has 10 heteroatoms. The van der Waals surface area contributed by atoms with Crippen LogP contribution in [0.5, 0.6) is 5.75 Å². The fraction of sp³-hybridized carbons (Fsp3) is 0.300. The van der Waals surface area contributed by atoms with Crippen LogP contribution in [0.4, 0.5) is 19.3 Å². The van der Waals surface area contributed by atoms with Crippen molar-refractivity contribution in [2.45, 2.75) is 31.8 Å². The van der Waals surface area contributed by atoms with E-state index in [0.29, 0.717) is 44.3 Å². The lowest BCUT2D eigenvalue weighted by Crippen LogP contribution is -2.53. The third kappa shape index (κ3) is 8.02. The molecule has 0 spiro atoms. The highest BCUT2D eigenvalue weighted by Gasteiger charge is 2.31. The molecule has 0 aromatic heterocycles. The normalized spacial score (nSPS) is 14.2. The molecule has 1 aliphatic heterocycles. The van der Waals surface area contributed by atoms with Gasteiger partial charge < -0.3 is 25.6 Å². The van der Waals surface area contributed by atoms with E-state index in [1.165, 1.54) is 0 Å². The van der Waals surface area contributed by atoms with Crippen LogP contribution in [-0.4, -0.2) is 49.0 Å². The minimum atomic E-state index is -0.917. The number of carbonyl (C=O) groups is 3. The standard InChI is InChI=1S/C30H32F2N4O4/c1-40-26-9-5-8-21(14-26)19-33-28(37)22-10-12-36(13-11-22)29(38)27(15-20-6-3-2-4-7-20)35-30(39)34-25-17-23(31)16-24(32)18-25/h2-9,14,16-18,22,27H,10-13,15,19H2,1H3,(H,33,37)(H2,34,35,39)/t27-/m1/s1. The third-order valence-corrected chi connectivity index (χ3v) is 6.78. The maximum atomic E-state index is 13.5. The number of benzene rings is 3. The number of hydrogen-bond donors (Lipinski definition) is 3. The van der Waals surface area contributed by atoms with Crippen LogP contribution >= 0.6 is 0 Å². The molecule has 0 aliphatic carbocycles. The van der Waals surface area contributed by atoms with Crippen molar-refractivity contribution in [3.63, 3.8) is 0 Å². The SMILES string of the molecule is COc1cccc(CNC(=O)C2CCN(C(=O)[C@@H](Cc3ccccc3)NC(=O)Nc3cc(F)cc(F)c3)CC2)c1. The highest BCUT2D eigenvalue weighted by Crippen LogP contribution is 2.20. The lowest BCUT2D eigenvalue weighted by molar-refractivity contribution is -0.137. The number of methoxy groups -OCH3 is 1. The van der Waals surface area contributed by atoms with E-state index in [1.807, 2.05) is 54.6 Å². The van der Waals surface area contributed by atoms with E-state index in [0.717, 1.165) is 23.3 Å². The molecular formula is C30H32F2N4O4. The van der Waals surface area contributed by atoms with Crippen molar-refractivity contribution in [3.05, 3.63) is 95.6 Å². The number of amides is 4. The summed E-state index contributed by atoms with van der Waals surface area (Å²) in [6.45, 7) is 1.10. The lowest BCUT2D eigenvalue weighted by Gasteiger charge is -2.34. The summed E-state index contributed by atoms with van der Waals surface area (Å²) in [6.07, 6.45) is 1.20. The largest absolute Gasteiger partial charge is 0.497 e. The minimum absolute atomic E-state index is 0.0679. The average Bonchev–Trinajstić information content (AvgIpc) is 2.95. The van der Waals surface area contributed by atoms with Crippen LogP contribution in [0, 0.1) is 17.6 Å². The monoisotopic (exact) mass is 550 g/mol. The van der Waals surface area contributed by atoms with Crippen molar-refractivity contribution in [2.24, 2.45) is 5.92 Å². The highest BCUT2D eigenvalue weighted by molar-refractivity contribution is 5.94. The topological polar surface area (TPSA) is 99.8 Å². The van der Waals surface area contributed by atoms with Gasteiger partial charge in [-0.2, -0.15) is 0 Å². The molecule has 0 radical (unpaired) electrons. The molecular weight excluding hydrogens is 518 g/mol. The number of ether oxygens (including phenoxy) is 1. The number of hydrogen-bond acceptors (Lipinski definition) is 4. The predicted octanol–water partition coefficient (Wildman–Crippen LogP) is 4.26. The van der Waals surface area contributed by atoms with E-state index >= 15 is 0 Å². The van der Waals surface area contributed by atoms with Crippen LogP contribution < -0.4 is 20.7 Å². The number of halogens is 2. The minimum Gasteiger partial charge on any atom is -0.497 e.